The number of hydrogen-bond donors (Lipinski definition) is 1. The molecule has 0 heterocycles. The molecule has 0 aromatic carbocycles. The van der Waals surface area contributed by atoms with E-state index in [1.54, 1.807) is 0 Å². The number of esters is 1. The van der Waals surface area contributed by atoms with Crippen molar-refractivity contribution in [3.8, 4) is 0 Å². The average molecular weight is 659 g/mol. The second-order valence-corrected chi connectivity index (χ2v) is 13.8. The van der Waals surface area contributed by atoms with Crippen molar-refractivity contribution >= 4 is 11.9 Å². The predicted octanol–water partition coefficient (Wildman–Crippen LogP) is 14.2. The number of carboxylic acids is 1. The minimum absolute atomic E-state index is 0.117. The summed E-state index contributed by atoms with van der Waals surface area (Å²) in [6.07, 6.45) is 51.0. The highest BCUT2D eigenvalue weighted by Gasteiger charge is 2.08. The zero-order chi connectivity index (χ0) is 34.3. The predicted molar refractivity (Wildman–Crippen MR) is 204 cm³/mol. The molecule has 0 spiro atoms. The molecule has 0 amide bonds. The Labute approximate surface area is 292 Å². The van der Waals surface area contributed by atoms with Crippen molar-refractivity contribution in [2.24, 2.45) is 0 Å². The number of allylic oxidation sites excluding steroid dienone is 4. The van der Waals surface area contributed by atoms with Gasteiger partial charge in [-0.25, -0.2) is 0 Å². The maximum Gasteiger partial charge on any atom is 0.306 e. The normalized spacial score (nSPS) is 12.6. The number of rotatable bonds is 37. The molecular formula is C43H78O4. The molecule has 1 N–H and O–H groups in total. The molecule has 47 heavy (non-hydrogen) atoms. The number of carboxylic acid groups (broad SMARTS) is 1. The maximum absolute atomic E-state index is 12.5. The van der Waals surface area contributed by atoms with Crippen LogP contribution in [-0.4, -0.2) is 23.1 Å². The van der Waals surface area contributed by atoms with Crippen LogP contribution in [0.15, 0.2) is 36.5 Å². The lowest BCUT2D eigenvalue weighted by Gasteiger charge is -2.11. The van der Waals surface area contributed by atoms with Crippen LogP contribution in [0.4, 0.5) is 0 Å². The summed E-state index contributed by atoms with van der Waals surface area (Å²) >= 11 is 0. The summed E-state index contributed by atoms with van der Waals surface area (Å²) in [7, 11) is 0. The van der Waals surface area contributed by atoms with Gasteiger partial charge in [0.2, 0.25) is 0 Å². The summed E-state index contributed by atoms with van der Waals surface area (Å²) in [4.78, 5) is 23.1. The van der Waals surface area contributed by atoms with Crippen LogP contribution in [-0.2, 0) is 14.3 Å². The molecule has 0 aliphatic carbocycles. The Kier molecular flexibility index (Phi) is 37.1. The lowest BCUT2D eigenvalue weighted by molar-refractivity contribution is -0.145. The Morgan fingerprint density at radius 1 is 0.489 bits per heavy atom. The Morgan fingerprint density at radius 2 is 0.894 bits per heavy atom. The highest BCUT2D eigenvalue weighted by molar-refractivity contribution is 5.69. The third-order valence-electron chi connectivity index (χ3n) is 9.09. The topological polar surface area (TPSA) is 63.6 Å². The van der Waals surface area contributed by atoms with E-state index in [0.717, 1.165) is 44.9 Å². The molecule has 1 atom stereocenters. The van der Waals surface area contributed by atoms with Crippen molar-refractivity contribution < 1.29 is 19.4 Å². The van der Waals surface area contributed by atoms with Crippen molar-refractivity contribution in [3.05, 3.63) is 36.5 Å². The van der Waals surface area contributed by atoms with E-state index in [1.807, 2.05) is 12.2 Å². The molecule has 0 radical (unpaired) electrons. The second-order valence-electron chi connectivity index (χ2n) is 13.8. The molecular weight excluding hydrogens is 580 g/mol. The highest BCUT2D eigenvalue weighted by Crippen LogP contribution is 2.16. The molecule has 0 rings (SSSR count). The van der Waals surface area contributed by atoms with Gasteiger partial charge >= 0.3 is 11.9 Å². The first-order chi connectivity index (χ1) is 23.1. The number of unbranched alkanes of at least 4 members (excludes halogenated alkanes) is 26. The largest absolute Gasteiger partial charge is 0.481 e. The van der Waals surface area contributed by atoms with E-state index in [-0.39, 0.29) is 18.5 Å². The van der Waals surface area contributed by atoms with Crippen LogP contribution in [0.3, 0.4) is 0 Å². The summed E-state index contributed by atoms with van der Waals surface area (Å²) in [5.41, 5.74) is 0. The zero-order valence-corrected chi connectivity index (χ0v) is 31.3. The Balaban J connectivity index is 3.68. The monoisotopic (exact) mass is 659 g/mol. The van der Waals surface area contributed by atoms with Gasteiger partial charge in [-0.05, 0) is 50.7 Å². The number of aliphatic carboxylic acids is 1. The van der Waals surface area contributed by atoms with Crippen LogP contribution in [0, 0.1) is 0 Å². The highest BCUT2D eigenvalue weighted by atomic mass is 16.5. The molecule has 0 aliphatic heterocycles. The van der Waals surface area contributed by atoms with E-state index in [1.165, 1.54) is 141 Å². The van der Waals surface area contributed by atoms with E-state index in [4.69, 9.17) is 9.84 Å². The van der Waals surface area contributed by atoms with Crippen molar-refractivity contribution in [2.75, 3.05) is 0 Å². The molecule has 0 aliphatic rings. The molecule has 0 saturated carbocycles. The minimum Gasteiger partial charge on any atom is -0.481 e. The van der Waals surface area contributed by atoms with Crippen molar-refractivity contribution in [3.63, 3.8) is 0 Å². The van der Waals surface area contributed by atoms with Crippen LogP contribution < -0.4 is 0 Å². The van der Waals surface area contributed by atoms with E-state index < -0.39 is 5.97 Å². The van der Waals surface area contributed by atoms with Gasteiger partial charge in [-0.1, -0.05) is 192 Å². The summed E-state index contributed by atoms with van der Waals surface area (Å²) < 4.78 is 5.75. The van der Waals surface area contributed by atoms with Gasteiger partial charge in [0.05, 0.1) is 0 Å². The van der Waals surface area contributed by atoms with E-state index >= 15 is 0 Å². The third kappa shape index (κ3) is 38.5. The molecule has 1 unspecified atom stereocenters. The van der Waals surface area contributed by atoms with Crippen molar-refractivity contribution in [1.82, 2.24) is 0 Å². The van der Waals surface area contributed by atoms with Crippen LogP contribution >= 0.6 is 0 Å². The summed E-state index contributed by atoms with van der Waals surface area (Å²) in [6.45, 7) is 4.41. The quantitative estimate of drug-likeness (QED) is 0.0410. The number of hydrogen-bond acceptors (Lipinski definition) is 3. The molecule has 0 saturated heterocycles. The van der Waals surface area contributed by atoms with Gasteiger partial charge in [0.25, 0.3) is 0 Å². The van der Waals surface area contributed by atoms with E-state index in [2.05, 4.69) is 38.2 Å². The van der Waals surface area contributed by atoms with Crippen LogP contribution in [0.1, 0.15) is 219 Å². The standard InChI is InChI=1S/C43H78O4/c1-3-5-7-9-10-11-12-13-14-15-16-17-18-19-20-21-22-23-24-25-26-27-32-36-40-43(46)47-41(37-33-29-8-6-4-2)38-34-30-28-31-35-39-42(44)45/h6,8,33-34,37-38,41H,3-5,7,9-32,35-36,39-40H2,1-2H3,(H,44,45)/b8-6-,37-33-,38-34-. The minimum atomic E-state index is -0.731. The van der Waals surface area contributed by atoms with Crippen LogP contribution in [0.25, 0.3) is 0 Å². The lowest BCUT2D eigenvalue weighted by Crippen LogP contribution is -2.13. The smallest absolute Gasteiger partial charge is 0.306 e. The molecule has 0 fully saturated rings. The SMILES string of the molecule is CC/C=C\C/C=C\C(/C=C\CCCCCC(=O)O)OC(=O)CCCCCCCCCCCCCCCCCCCCCCCCCC. The van der Waals surface area contributed by atoms with Gasteiger partial charge in [-0.2, -0.15) is 0 Å². The molecule has 0 bridgehead atoms. The first-order valence-corrected chi connectivity index (χ1v) is 20.5. The van der Waals surface area contributed by atoms with Gasteiger partial charge in [-0.3, -0.25) is 9.59 Å². The zero-order valence-electron chi connectivity index (χ0n) is 31.3. The van der Waals surface area contributed by atoms with Crippen LogP contribution in [0.2, 0.25) is 0 Å². The van der Waals surface area contributed by atoms with Crippen LogP contribution in [0.5, 0.6) is 0 Å². The molecule has 4 heteroatoms. The van der Waals surface area contributed by atoms with E-state index in [9.17, 15) is 9.59 Å². The molecule has 0 aromatic heterocycles. The van der Waals surface area contributed by atoms with Gasteiger partial charge in [-0.15, -0.1) is 0 Å². The number of ether oxygens (including phenoxy) is 1. The summed E-state index contributed by atoms with van der Waals surface area (Å²) in [5, 5.41) is 8.75. The second kappa shape index (κ2) is 38.6. The molecule has 0 aromatic rings. The third-order valence-corrected chi connectivity index (χ3v) is 9.09. The van der Waals surface area contributed by atoms with Gasteiger partial charge in [0.15, 0.2) is 0 Å². The van der Waals surface area contributed by atoms with Gasteiger partial charge in [0, 0.05) is 12.8 Å². The maximum atomic E-state index is 12.5. The molecule has 274 valence electrons. The number of carbonyl (C=O) groups is 2. The summed E-state index contributed by atoms with van der Waals surface area (Å²) in [5.74, 6) is -0.848. The van der Waals surface area contributed by atoms with Crippen molar-refractivity contribution in [2.45, 2.75) is 225 Å². The fraction of sp³-hybridized carbons (Fsp3) is 0.814. The van der Waals surface area contributed by atoms with Crippen molar-refractivity contribution in [1.29, 1.82) is 0 Å². The lowest BCUT2D eigenvalue weighted by atomic mass is 10.0. The summed E-state index contributed by atoms with van der Waals surface area (Å²) in [6, 6.07) is 0. The first kappa shape index (κ1) is 45.2. The van der Waals surface area contributed by atoms with E-state index in [0.29, 0.717) is 12.8 Å². The first-order valence-electron chi connectivity index (χ1n) is 20.5. The van der Waals surface area contributed by atoms with Gasteiger partial charge in [0.1, 0.15) is 6.10 Å². The fourth-order valence-corrected chi connectivity index (χ4v) is 6.08. The number of carbonyl (C=O) groups excluding carboxylic acids is 1. The molecule has 4 nitrogen and oxygen atoms in total. The fourth-order valence-electron chi connectivity index (χ4n) is 6.08. The Hall–Kier alpha value is -1.84. The van der Waals surface area contributed by atoms with Gasteiger partial charge < -0.3 is 9.84 Å². The Morgan fingerprint density at radius 3 is 1.34 bits per heavy atom. The average Bonchev–Trinajstić information content (AvgIpc) is 3.05. The Bertz CT molecular complexity index is 753.